The zero-order valence-corrected chi connectivity index (χ0v) is 11.9. The van der Waals surface area contributed by atoms with Gasteiger partial charge in [0.2, 0.25) is 0 Å². The standard InChI is InChI=1S/C16H21NO2/c1-15(2)12-16(8-10-17,9-11-19-15)13-6-4-5-7-14(13)18-3/h4-7H,8-9,11-12H2,1-3H3/t16-/m1/s1. The Kier molecular flexibility index (Phi) is 3.82. The molecule has 102 valence electrons. The van der Waals surface area contributed by atoms with E-state index in [9.17, 15) is 5.26 Å². The zero-order valence-electron chi connectivity index (χ0n) is 11.9. The minimum Gasteiger partial charge on any atom is -0.496 e. The normalized spacial score (nSPS) is 25.6. The molecule has 1 aromatic rings. The van der Waals surface area contributed by atoms with Gasteiger partial charge in [-0.15, -0.1) is 0 Å². The van der Waals surface area contributed by atoms with Gasteiger partial charge >= 0.3 is 0 Å². The van der Waals surface area contributed by atoms with Gasteiger partial charge in [0, 0.05) is 24.0 Å². The fourth-order valence-corrected chi connectivity index (χ4v) is 3.19. The minimum absolute atomic E-state index is 0.164. The van der Waals surface area contributed by atoms with Gasteiger partial charge in [0.05, 0.1) is 18.8 Å². The highest BCUT2D eigenvalue weighted by molar-refractivity contribution is 5.41. The molecule has 0 unspecified atom stereocenters. The lowest BCUT2D eigenvalue weighted by Crippen LogP contribution is -2.44. The second-order valence-electron chi connectivity index (χ2n) is 5.85. The predicted octanol–water partition coefficient (Wildman–Crippen LogP) is 3.44. The summed E-state index contributed by atoms with van der Waals surface area (Å²) >= 11 is 0. The Morgan fingerprint density at radius 1 is 1.37 bits per heavy atom. The molecule has 2 rings (SSSR count). The first kappa shape index (κ1) is 13.9. The Morgan fingerprint density at radius 3 is 2.74 bits per heavy atom. The van der Waals surface area contributed by atoms with Crippen molar-refractivity contribution in [2.75, 3.05) is 13.7 Å². The van der Waals surface area contributed by atoms with E-state index in [0.29, 0.717) is 13.0 Å². The summed E-state index contributed by atoms with van der Waals surface area (Å²) in [5.74, 6) is 0.871. The summed E-state index contributed by atoms with van der Waals surface area (Å²) in [6.45, 7) is 4.87. The van der Waals surface area contributed by atoms with Crippen LogP contribution in [0.25, 0.3) is 0 Å². The summed E-state index contributed by atoms with van der Waals surface area (Å²) in [5.41, 5.74) is 0.773. The first-order valence-corrected chi connectivity index (χ1v) is 6.67. The Bertz CT molecular complexity index is 490. The fraction of sp³-hybridized carbons (Fsp3) is 0.562. The SMILES string of the molecule is COc1ccccc1[C@]1(CC#N)CCOC(C)(C)C1. The van der Waals surface area contributed by atoms with Gasteiger partial charge in [-0.3, -0.25) is 0 Å². The quantitative estimate of drug-likeness (QED) is 0.835. The van der Waals surface area contributed by atoms with Gasteiger partial charge in [0.25, 0.3) is 0 Å². The summed E-state index contributed by atoms with van der Waals surface area (Å²) in [4.78, 5) is 0. The molecule has 0 amide bonds. The van der Waals surface area contributed by atoms with Gasteiger partial charge in [-0.05, 0) is 32.8 Å². The van der Waals surface area contributed by atoms with Crippen LogP contribution in [0.2, 0.25) is 0 Å². The molecule has 0 radical (unpaired) electrons. The van der Waals surface area contributed by atoms with E-state index in [0.717, 1.165) is 24.2 Å². The average molecular weight is 259 g/mol. The van der Waals surface area contributed by atoms with Crippen LogP contribution in [0.3, 0.4) is 0 Å². The van der Waals surface area contributed by atoms with E-state index in [2.05, 4.69) is 26.0 Å². The molecule has 0 saturated carbocycles. The molecule has 0 spiro atoms. The van der Waals surface area contributed by atoms with Gasteiger partial charge in [0.1, 0.15) is 5.75 Å². The highest BCUT2D eigenvalue weighted by atomic mass is 16.5. The Balaban J connectivity index is 2.47. The van der Waals surface area contributed by atoms with Crippen molar-refractivity contribution < 1.29 is 9.47 Å². The van der Waals surface area contributed by atoms with E-state index >= 15 is 0 Å². The number of benzene rings is 1. The smallest absolute Gasteiger partial charge is 0.122 e. The molecule has 3 heteroatoms. The van der Waals surface area contributed by atoms with Crippen molar-refractivity contribution in [2.45, 2.75) is 44.1 Å². The van der Waals surface area contributed by atoms with Gasteiger partial charge in [0.15, 0.2) is 0 Å². The molecule has 3 nitrogen and oxygen atoms in total. The molecule has 0 bridgehead atoms. The van der Waals surface area contributed by atoms with Crippen molar-refractivity contribution in [1.82, 2.24) is 0 Å². The molecule has 1 aliphatic rings. The van der Waals surface area contributed by atoms with E-state index in [1.165, 1.54) is 0 Å². The molecule has 1 aliphatic heterocycles. The molecule has 1 aromatic carbocycles. The maximum Gasteiger partial charge on any atom is 0.122 e. The van der Waals surface area contributed by atoms with Crippen LogP contribution in [0, 0.1) is 11.3 Å². The third-order valence-electron chi connectivity index (χ3n) is 3.93. The third kappa shape index (κ3) is 2.74. The highest BCUT2D eigenvalue weighted by Gasteiger charge is 2.43. The lowest BCUT2D eigenvalue weighted by molar-refractivity contribution is -0.0819. The molecule has 0 aromatic heterocycles. The van der Waals surface area contributed by atoms with E-state index in [1.807, 2.05) is 18.2 Å². The number of hydrogen-bond donors (Lipinski definition) is 0. The molecule has 1 fully saturated rings. The average Bonchev–Trinajstić information content (AvgIpc) is 2.38. The van der Waals surface area contributed by atoms with Crippen LogP contribution in [0.15, 0.2) is 24.3 Å². The lowest BCUT2D eigenvalue weighted by atomic mass is 9.67. The van der Waals surface area contributed by atoms with Gasteiger partial charge in [-0.1, -0.05) is 18.2 Å². The van der Waals surface area contributed by atoms with Crippen LogP contribution >= 0.6 is 0 Å². The molecule has 1 heterocycles. The van der Waals surface area contributed by atoms with Crippen molar-refractivity contribution >= 4 is 0 Å². The molecule has 19 heavy (non-hydrogen) atoms. The lowest BCUT2D eigenvalue weighted by Gasteiger charge is -2.44. The Hall–Kier alpha value is -1.53. The summed E-state index contributed by atoms with van der Waals surface area (Å²) in [6, 6.07) is 10.4. The monoisotopic (exact) mass is 259 g/mol. The summed E-state index contributed by atoms with van der Waals surface area (Å²) in [7, 11) is 1.68. The molecule has 0 N–H and O–H groups in total. The van der Waals surface area contributed by atoms with E-state index < -0.39 is 0 Å². The minimum atomic E-state index is -0.198. The van der Waals surface area contributed by atoms with Crippen LogP contribution in [0.4, 0.5) is 0 Å². The number of para-hydroxylation sites is 1. The highest BCUT2D eigenvalue weighted by Crippen LogP contribution is 2.46. The van der Waals surface area contributed by atoms with Gasteiger partial charge < -0.3 is 9.47 Å². The number of nitrogens with zero attached hydrogens (tertiary/aromatic N) is 1. The molecular weight excluding hydrogens is 238 g/mol. The van der Waals surface area contributed by atoms with Gasteiger partial charge in [-0.25, -0.2) is 0 Å². The van der Waals surface area contributed by atoms with Crippen molar-refractivity contribution in [3.05, 3.63) is 29.8 Å². The molecular formula is C16H21NO2. The largest absolute Gasteiger partial charge is 0.496 e. The summed E-state index contributed by atoms with van der Waals surface area (Å²) < 4.78 is 11.3. The zero-order chi connectivity index (χ0) is 13.9. The maximum absolute atomic E-state index is 9.25. The number of nitriles is 1. The fourth-order valence-electron chi connectivity index (χ4n) is 3.19. The summed E-state index contributed by atoms with van der Waals surface area (Å²) in [5, 5.41) is 9.25. The van der Waals surface area contributed by atoms with Crippen LogP contribution in [-0.4, -0.2) is 19.3 Å². The van der Waals surface area contributed by atoms with E-state index in [4.69, 9.17) is 9.47 Å². The van der Waals surface area contributed by atoms with Crippen LogP contribution in [-0.2, 0) is 10.2 Å². The summed E-state index contributed by atoms with van der Waals surface area (Å²) in [6.07, 6.45) is 2.21. The van der Waals surface area contributed by atoms with Crippen LogP contribution in [0.5, 0.6) is 5.75 Å². The second kappa shape index (κ2) is 5.22. The molecule has 1 atom stereocenters. The van der Waals surface area contributed by atoms with Crippen molar-refractivity contribution in [3.63, 3.8) is 0 Å². The van der Waals surface area contributed by atoms with E-state index in [-0.39, 0.29) is 11.0 Å². The van der Waals surface area contributed by atoms with Crippen molar-refractivity contribution in [1.29, 1.82) is 5.26 Å². The molecule has 1 saturated heterocycles. The van der Waals surface area contributed by atoms with Crippen molar-refractivity contribution in [2.24, 2.45) is 0 Å². The van der Waals surface area contributed by atoms with Gasteiger partial charge in [-0.2, -0.15) is 5.26 Å². The Morgan fingerprint density at radius 2 is 2.11 bits per heavy atom. The molecule has 0 aliphatic carbocycles. The third-order valence-corrected chi connectivity index (χ3v) is 3.93. The number of hydrogen-bond acceptors (Lipinski definition) is 3. The number of rotatable bonds is 3. The van der Waals surface area contributed by atoms with E-state index in [1.54, 1.807) is 7.11 Å². The first-order valence-electron chi connectivity index (χ1n) is 6.67. The number of methoxy groups -OCH3 is 1. The Labute approximate surface area is 115 Å². The predicted molar refractivity (Wildman–Crippen MR) is 74.2 cm³/mol. The van der Waals surface area contributed by atoms with Crippen LogP contribution in [0.1, 0.15) is 38.7 Å². The van der Waals surface area contributed by atoms with Crippen LogP contribution < -0.4 is 4.74 Å². The topological polar surface area (TPSA) is 42.2 Å². The number of ether oxygens (including phenoxy) is 2. The maximum atomic E-state index is 9.25. The second-order valence-corrected chi connectivity index (χ2v) is 5.85. The van der Waals surface area contributed by atoms with Crippen molar-refractivity contribution in [3.8, 4) is 11.8 Å². The first-order chi connectivity index (χ1) is 9.03.